The van der Waals surface area contributed by atoms with E-state index in [4.69, 9.17) is 9.52 Å². The summed E-state index contributed by atoms with van der Waals surface area (Å²) in [5, 5.41) is 11.5. The fourth-order valence-electron chi connectivity index (χ4n) is 2.94. The highest BCUT2D eigenvalue weighted by Crippen LogP contribution is 2.23. The molecule has 25 heavy (non-hydrogen) atoms. The van der Waals surface area contributed by atoms with Gasteiger partial charge in [0.25, 0.3) is 0 Å². The lowest BCUT2D eigenvalue weighted by atomic mass is 10.2. The first-order chi connectivity index (χ1) is 12.3. The van der Waals surface area contributed by atoms with Crippen LogP contribution in [0.25, 0.3) is 17.1 Å². The molecule has 6 heteroatoms. The fraction of sp³-hybridized carbons (Fsp3) is 0.263. The summed E-state index contributed by atoms with van der Waals surface area (Å²) >= 11 is 0. The minimum absolute atomic E-state index is 0.749. The molecule has 3 aromatic rings. The minimum Gasteiger partial charge on any atom is -0.463 e. The van der Waals surface area contributed by atoms with E-state index in [2.05, 4.69) is 17.2 Å². The van der Waals surface area contributed by atoms with Gasteiger partial charge in [-0.05, 0) is 24.3 Å². The average Bonchev–Trinajstić information content (AvgIpc) is 3.31. The van der Waals surface area contributed by atoms with Crippen molar-refractivity contribution >= 4 is 6.21 Å². The number of piperazine rings is 1. The van der Waals surface area contributed by atoms with E-state index in [-0.39, 0.29) is 0 Å². The molecule has 1 fully saturated rings. The summed E-state index contributed by atoms with van der Waals surface area (Å²) in [5.41, 5.74) is 2.76. The van der Waals surface area contributed by atoms with Crippen LogP contribution < -0.4 is 4.90 Å². The van der Waals surface area contributed by atoms with E-state index in [0.717, 1.165) is 48.9 Å². The summed E-state index contributed by atoms with van der Waals surface area (Å²) in [7, 11) is 2.22. The molecule has 1 N–H and O–H groups in total. The van der Waals surface area contributed by atoms with E-state index >= 15 is 0 Å². The Morgan fingerprint density at radius 1 is 1.12 bits per heavy atom. The molecule has 2 aromatic heterocycles. The molecule has 0 saturated carbocycles. The van der Waals surface area contributed by atoms with Crippen molar-refractivity contribution in [1.82, 2.24) is 14.8 Å². The first-order valence-electron chi connectivity index (χ1n) is 8.59. The van der Waals surface area contributed by atoms with Gasteiger partial charge in [0.05, 0.1) is 51.4 Å². The van der Waals surface area contributed by atoms with Crippen molar-refractivity contribution in [3.05, 3.63) is 60.5 Å². The van der Waals surface area contributed by atoms with Crippen LogP contribution in [0.2, 0.25) is 0 Å². The zero-order valence-electron chi connectivity index (χ0n) is 14.3. The molecule has 6 nitrogen and oxygen atoms in total. The van der Waals surface area contributed by atoms with Crippen LogP contribution in [-0.4, -0.2) is 54.2 Å². The summed E-state index contributed by atoms with van der Waals surface area (Å²) < 4.78 is 7.43. The second kappa shape index (κ2) is 6.94. The Morgan fingerprint density at radius 2 is 1.92 bits per heavy atom. The summed E-state index contributed by atoms with van der Waals surface area (Å²) in [5.74, 6) is 0.749. The number of nitrogens with one attached hydrogen (secondary N) is 1. The van der Waals surface area contributed by atoms with Crippen LogP contribution in [0.4, 0.5) is 0 Å². The fourth-order valence-corrected chi connectivity index (χ4v) is 2.94. The highest BCUT2D eigenvalue weighted by Gasteiger charge is 2.16. The first kappa shape index (κ1) is 15.7. The van der Waals surface area contributed by atoms with E-state index in [9.17, 15) is 0 Å². The summed E-state index contributed by atoms with van der Waals surface area (Å²) in [4.78, 5) is 1.56. The number of benzene rings is 1. The molecule has 1 saturated heterocycles. The van der Waals surface area contributed by atoms with Crippen molar-refractivity contribution in [3.8, 4) is 17.1 Å². The minimum atomic E-state index is 0.749. The topological polar surface area (TPSA) is 51.0 Å². The molecule has 0 unspecified atom stereocenters. The van der Waals surface area contributed by atoms with Gasteiger partial charge in [-0.1, -0.05) is 18.2 Å². The molecule has 3 heterocycles. The molecule has 1 aliphatic heterocycles. The van der Waals surface area contributed by atoms with Crippen LogP contribution in [0.3, 0.4) is 0 Å². The molecule has 0 amide bonds. The molecule has 0 atom stereocenters. The average molecular weight is 336 g/mol. The number of aromatic nitrogens is 2. The van der Waals surface area contributed by atoms with Crippen molar-refractivity contribution in [1.29, 1.82) is 0 Å². The number of para-hydroxylation sites is 1. The number of nitrogens with zero attached hydrogens (tertiary/aromatic N) is 4. The number of quaternary nitrogens is 1. The van der Waals surface area contributed by atoms with Crippen molar-refractivity contribution in [3.63, 3.8) is 0 Å². The zero-order chi connectivity index (χ0) is 17.1. The molecule has 1 aliphatic rings. The Morgan fingerprint density at radius 3 is 2.64 bits per heavy atom. The Bertz CT molecular complexity index is 830. The molecule has 0 bridgehead atoms. The normalized spacial score (nSPS) is 16.0. The quantitative estimate of drug-likeness (QED) is 0.731. The lowest BCUT2D eigenvalue weighted by molar-refractivity contribution is -0.884. The zero-order valence-corrected chi connectivity index (χ0v) is 14.3. The van der Waals surface area contributed by atoms with E-state index < -0.39 is 0 Å². The second-order valence-corrected chi connectivity index (χ2v) is 6.35. The van der Waals surface area contributed by atoms with Gasteiger partial charge in [0.2, 0.25) is 0 Å². The van der Waals surface area contributed by atoms with Crippen LogP contribution in [0, 0.1) is 0 Å². The number of furan rings is 1. The van der Waals surface area contributed by atoms with Crippen LogP contribution in [0.1, 0.15) is 5.56 Å². The van der Waals surface area contributed by atoms with E-state index in [1.54, 1.807) is 11.2 Å². The number of hydrazone groups is 1. The van der Waals surface area contributed by atoms with Crippen molar-refractivity contribution < 1.29 is 9.32 Å². The predicted octanol–water partition coefficient (Wildman–Crippen LogP) is 1.30. The van der Waals surface area contributed by atoms with E-state index in [1.807, 2.05) is 59.6 Å². The number of likely N-dealkylation sites (N-methyl/N-ethyl adjacent to an activating group) is 1. The molecular weight excluding hydrogens is 314 g/mol. The van der Waals surface area contributed by atoms with Crippen LogP contribution in [0.5, 0.6) is 0 Å². The summed E-state index contributed by atoms with van der Waals surface area (Å²) in [6.07, 6.45) is 5.56. The monoisotopic (exact) mass is 336 g/mol. The van der Waals surface area contributed by atoms with Gasteiger partial charge >= 0.3 is 0 Å². The Kier molecular flexibility index (Phi) is 4.35. The molecule has 128 valence electrons. The van der Waals surface area contributed by atoms with Gasteiger partial charge in [-0.25, -0.2) is 4.68 Å². The van der Waals surface area contributed by atoms with Crippen molar-refractivity contribution in [2.24, 2.45) is 5.10 Å². The molecule has 0 radical (unpaired) electrons. The van der Waals surface area contributed by atoms with Gasteiger partial charge in [-0.2, -0.15) is 10.2 Å². The predicted molar refractivity (Wildman–Crippen MR) is 97.1 cm³/mol. The van der Waals surface area contributed by atoms with Crippen LogP contribution in [0.15, 0.2) is 64.4 Å². The van der Waals surface area contributed by atoms with Gasteiger partial charge in [-0.3, -0.25) is 5.01 Å². The van der Waals surface area contributed by atoms with Gasteiger partial charge < -0.3 is 9.32 Å². The first-order valence-corrected chi connectivity index (χ1v) is 8.59. The lowest BCUT2D eigenvalue weighted by Gasteiger charge is -2.27. The number of hydrogen-bond acceptors (Lipinski definition) is 4. The van der Waals surface area contributed by atoms with Crippen molar-refractivity contribution in [2.45, 2.75) is 0 Å². The summed E-state index contributed by atoms with van der Waals surface area (Å²) in [6, 6.07) is 13.9. The molecule has 1 aromatic carbocycles. The maximum absolute atomic E-state index is 5.56. The Labute approximate surface area is 147 Å². The lowest BCUT2D eigenvalue weighted by Crippen LogP contribution is -3.11. The molecular formula is C19H22N5O+. The van der Waals surface area contributed by atoms with E-state index in [1.165, 1.54) is 0 Å². The highest BCUT2D eigenvalue weighted by molar-refractivity contribution is 5.87. The third kappa shape index (κ3) is 3.49. The van der Waals surface area contributed by atoms with Crippen LogP contribution in [-0.2, 0) is 0 Å². The number of rotatable bonds is 4. The highest BCUT2D eigenvalue weighted by atomic mass is 16.3. The van der Waals surface area contributed by atoms with Crippen molar-refractivity contribution in [2.75, 3.05) is 33.2 Å². The SMILES string of the molecule is C[NH+]1CCN(/N=C\c2cn(-c3ccccc3)nc2-c2ccco2)CC1. The molecule has 0 spiro atoms. The van der Waals surface area contributed by atoms with Gasteiger partial charge in [0, 0.05) is 11.8 Å². The maximum Gasteiger partial charge on any atom is 0.154 e. The molecule has 4 rings (SSSR count). The number of hydrogen-bond donors (Lipinski definition) is 1. The largest absolute Gasteiger partial charge is 0.463 e. The van der Waals surface area contributed by atoms with E-state index in [0.29, 0.717) is 0 Å². The second-order valence-electron chi connectivity index (χ2n) is 6.35. The van der Waals surface area contributed by atoms with Crippen LogP contribution >= 0.6 is 0 Å². The maximum atomic E-state index is 5.56. The smallest absolute Gasteiger partial charge is 0.154 e. The Balaban J connectivity index is 1.64. The molecule has 0 aliphatic carbocycles. The van der Waals surface area contributed by atoms with Gasteiger partial charge in [0.1, 0.15) is 5.69 Å². The standard InChI is InChI=1S/C19H21N5O/c1-22-9-11-23(12-10-22)20-14-16-15-24(17-6-3-2-4-7-17)21-19(16)18-8-5-13-25-18/h2-8,13-15H,9-12H2,1H3/p+1/b20-14-. The van der Waals surface area contributed by atoms with Gasteiger partial charge in [-0.15, -0.1) is 0 Å². The van der Waals surface area contributed by atoms with Gasteiger partial charge in [0.15, 0.2) is 5.76 Å². The third-order valence-corrected chi connectivity index (χ3v) is 4.47. The summed E-state index contributed by atoms with van der Waals surface area (Å²) in [6.45, 7) is 4.19. The Hall–Kier alpha value is -2.86. The third-order valence-electron chi connectivity index (χ3n) is 4.47.